The van der Waals surface area contributed by atoms with E-state index in [-0.39, 0.29) is 12.1 Å². The van der Waals surface area contributed by atoms with Gasteiger partial charge in [0, 0.05) is 29.9 Å². The molecule has 35 heavy (non-hydrogen) atoms. The average molecular weight is 496 g/mol. The second kappa shape index (κ2) is 10.0. The third-order valence-electron chi connectivity index (χ3n) is 5.95. The second-order valence-corrected chi connectivity index (χ2v) is 10.1. The Balaban J connectivity index is 1.53. The number of nitrogen functional groups attached to an aromatic ring is 1. The number of anilines is 1. The predicted octanol–water partition coefficient (Wildman–Crippen LogP) is 4.86. The van der Waals surface area contributed by atoms with Gasteiger partial charge in [0.1, 0.15) is 28.7 Å². The zero-order valence-electron chi connectivity index (χ0n) is 20.2. The fraction of sp³-hybridized carbons (Fsp3) is 0.440. The number of rotatable bonds is 4. The van der Waals surface area contributed by atoms with Gasteiger partial charge in [0.15, 0.2) is 0 Å². The number of hydrogen-bond donors (Lipinski definition) is 1. The number of nitriles is 1. The van der Waals surface area contributed by atoms with Crippen LogP contribution >= 0.6 is 11.6 Å². The molecule has 0 radical (unpaired) electrons. The average Bonchev–Trinajstić information content (AvgIpc) is 3.29. The van der Waals surface area contributed by atoms with Crippen molar-refractivity contribution in [3.05, 3.63) is 52.8 Å². The second-order valence-electron chi connectivity index (χ2n) is 9.74. The molecule has 0 saturated carbocycles. The number of nitrogens with zero attached hydrogens (tertiary/aromatic N) is 6. The molecule has 0 aliphatic carbocycles. The van der Waals surface area contributed by atoms with Crippen LogP contribution in [0.3, 0.4) is 0 Å². The van der Waals surface area contributed by atoms with Gasteiger partial charge in [-0.2, -0.15) is 15.5 Å². The van der Waals surface area contributed by atoms with Gasteiger partial charge in [0.05, 0.1) is 18.8 Å². The molecule has 0 spiro atoms. The largest absolute Gasteiger partial charge is 0.444 e. The van der Waals surface area contributed by atoms with Crippen LogP contribution in [-0.4, -0.2) is 49.2 Å². The Morgan fingerprint density at radius 1 is 1.29 bits per heavy atom. The van der Waals surface area contributed by atoms with Gasteiger partial charge in [0.2, 0.25) is 0 Å². The van der Waals surface area contributed by atoms with E-state index >= 15 is 0 Å². The van der Waals surface area contributed by atoms with Crippen molar-refractivity contribution < 1.29 is 9.53 Å². The molecule has 184 valence electrons. The van der Waals surface area contributed by atoms with E-state index in [9.17, 15) is 10.1 Å². The van der Waals surface area contributed by atoms with Crippen LogP contribution in [0, 0.1) is 11.3 Å². The van der Waals surface area contributed by atoms with Crippen LogP contribution in [-0.2, 0) is 11.3 Å². The van der Waals surface area contributed by atoms with Crippen LogP contribution in [0.15, 0.2) is 36.7 Å². The summed E-state index contributed by atoms with van der Waals surface area (Å²) >= 11 is 6.28. The quantitative estimate of drug-likeness (QED) is 0.552. The molecule has 4 rings (SSSR count). The molecular weight excluding hydrogens is 466 g/mol. The van der Waals surface area contributed by atoms with Crippen LogP contribution in [0.25, 0.3) is 11.3 Å². The van der Waals surface area contributed by atoms with E-state index in [0.29, 0.717) is 53.7 Å². The molecule has 0 unspecified atom stereocenters. The van der Waals surface area contributed by atoms with Crippen LogP contribution in [0.5, 0.6) is 0 Å². The number of hydrogen-bond acceptors (Lipinski definition) is 6. The van der Waals surface area contributed by atoms with Crippen molar-refractivity contribution in [3.8, 4) is 17.3 Å². The van der Waals surface area contributed by atoms with Gasteiger partial charge in [-0.25, -0.2) is 9.48 Å². The maximum absolute atomic E-state index is 12.5. The van der Waals surface area contributed by atoms with E-state index in [1.807, 2.05) is 51.2 Å². The van der Waals surface area contributed by atoms with Crippen LogP contribution in [0.1, 0.15) is 57.2 Å². The zero-order valence-corrected chi connectivity index (χ0v) is 21.0. The number of nitrogens with two attached hydrogens (primary N) is 1. The smallest absolute Gasteiger partial charge is 0.410 e. The maximum Gasteiger partial charge on any atom is 0.410 e. The Labute approximate surface area is 210 Å². The summed E-state index contributed by atoms with van der Waals surface area (Å²) < 4.78 is 9.02. The lowest BCUT2D eigenvalue weighted by Crippen LogP contribution is -2.37. The number of benzene rings is 1. The van der Waals surface area contributed by atoms with Crippen LogP contribution in [0.2, 0.25) is 5.02 Å². The molecule has 2 N–H and O–H groups in total. The zero-order chi connectivity index (χ0) is 25.2. The minimum Gasteiger partial charge on any atom is -0.444 e. The highest BCUT2D eigenvalue weighted by Gasteiger charge is 2.28. The fourth-order valence-electron chi connectivity index (χ4n) is 4.24. The Morgan fingerprint density at radius 2 is 2.06 bits per heavy atom. The standard InChI is InChI=1S/C25H30ClN7O2/c1-25(2,3)35-24(34)31-11-6-8-19(10-12-31)33-23(28)20(13-27)22(30-33)18-14-29-32(16-18)15-17-7-4-5-9-21(17)26/h4-5,7,9,14,16,19H,6,8,10-12,15,28H2,1-3H3/t19-/m0/s1. The fourth-order valence-corrected chi connectivity index (χ4v) is 4.44. The summed E-state index contributed by atoms with van der Waals surface area (Å²) in [6.07, 6.45) is 5.46. The van der Waals surface area contributed by atoms with Crippen molar-refractivity contribution in [1.29, 1.82) is 5.26 Å². The van der Waals surface area contributed by atoms with Crippen LogP contribution in [0.4, 0.5) is 10.6 Å². The van der Waals surface area contributed by atoms with E-state index in [2.05, 4.69) is 11.2 Å². The Hall–Kier alpha value is -3.51. The van der Waals surface area contributed by atoms with E-state index < -0.39 is 5.60 Å². The van der Waals surface area contributed by atoms with Gasteiger partial charge < -0.3 is 15.4 Å². The van der Waals surface area contributed by atoms with Crippen LogP contribution < -0.4 is 5.73 Å². The number of ether oxygens (including phenoxy) is 1. The summed E-state index contributed by atoms with van der Waals surface area (Å²) in [5, 5.41) is 19.7. The molecular formula is C25H30ClN7O2. The molecule has 3 heterocycles. The number of likely N-dealkylation sites (tertiary alicyclic amines) is 1. The van der Waals surface area contributed by atoms with Gasteiger partial charge in [-0.05, 0) is 51.7 Å². The number of aromatic nitrogens is 4. The summed E-state index contributed by atoms with van der Waals surface area (Å²) in [5.74, 6) is 0.331. The van der Waals surface area contributed by atoms with Crippen molar-refractivity contribution in [2.24, 2.45) is 0 Å². The lowest BCUT2D eigenvalue weighted by molar-refractivity contribution is 0.0255. The molecule has 0 bridgehead atoms. The highest BCUT2D eigenvalue weighted by atomic mass is 35.5. The predicted molar refractivity (Wildman–Crippen MR) is 134 cm³/mol. The van der Waals surface area contributed by atoms with E-state index in [1.165, 1.54) is 0 Å². The molecule has 1 aromatic carbocycles. The number of carbonyl (C=O) groups excluding carboxylic acids is 1. The van der Waals surface area contributed by atoms with Crippen molar-refractivity contribution in [3.63, 3.8) is 0 Å². The molecule has 2 aromatic heterocycles. The summed E-state index contributed by atoms with van der Waals surface area (Å²) in [6.45, 7) is 7.22. The van der Waals surface area contributed by atoms with Crippen molar-refractivity contribution in [2.75, 3.05) is 18.8 Å². The van der Waals surface area contributed by atoms with Gasteiger partial charge in [-0.15, -0.1) is 0 Å². The van der Waals surface area contributed by atoms with Gasteiger partial charge in [-0.1, -0.05) is 29.8 Å². The lowest BCUT2D eigenvalue weighted by Gasteiger charge is -2.26. The topological polar surface area (TPSA) is 115 Å². The van der Waals surface area contributed by atoms with E-state index in [0.717, 1.165) is 18.4 Å². The number of carbonyl (C=O) groups is 1. The van der Waals surface area contributed by atoms with Crippen molar-refractivity contribution in [1.82, 2.24) is 24.5 Å². The summed E-state index contributed by atoms with van der Waals surface area (Å²) in [6, 6.07) is 9.78. The molecule has 1 amide bonds. The first kappa shape index (κ1) is 24.6. The first-order valence-corrected chi connectivity index (χ1v) is 12.1. The van der Waals surface area contributed by atoms with Crippen molar-refractivity contribution in [2.45, 2.75) is 58.2 Å². The van der Waals surface area contributed by atoms with Gasteiger partial charge in [0.25, 0.3) is 0 Å². The monoisotopic (exact) mass is 495 g/mol. The molecule has 1 saturated heterocycles. The molecule has 3 aromatic rings. The third kappa shape index (κ3) is 5.60. The highest BCUT2D eigenvalue weighted by Crippen LogP contribution is 2.32. The molecule has 9 nitrogen and oxygen atoms in total. The minimum atomic E-state index is -0.540. The van der Waals surface area contributed by atoms with Gasteiger partial charge in [-0.3, -0.25) is 4.68 Å². The minimum absolute atomic E-state index is 0.0264. The maximum atomic E-state index is 12.5. The number of amides is 1. The first-order valence-electron chi connectivity index (χ1n) is 11.7. The molecule has 1 aliphatic rings. The molecule has 1 atom stereocenters. The molecule has 1 aliphatic heterocycles. The SMILES string of the molecule is CC(C)(C)OC(=O)N1CCC[C@H](n2nc(-c3cnn(Cc4ccccc4Cl)c3)c(C#N)c2N)CC1. The Kier molecular flexibility index (Phi) is 7.03. The summed E-state index contributed by atoms with van der Waals surface area (Å²) in [4.78, 5) is 14.2. The summed E-state index contributed by atoms with van der Waals surface area (Å²) in [7, 11) is 0. The number of halogens is 1. The Morgan fingerprint density at radius 3 is 2.77 bits per heavy atom. The molecule has 1 fully saturated rings. The first-order chi connectivity index (χ1) is 16.7. The highest BCUT2D eigenvalue weighted by molar-refractivity contribution is 6.31. The third-order valence-corrected chi connectivity index (χ3v) is 6.32. The van der Waals surface area contributed by atoms with E-state index in [4.69, 9.17) is 27.2 Å². The van der Waals surface area contributed by atoms with E-state index in [1.54, 1.807) is 20.5 Å². The Bertz CT molecular complexity index is 1250. The van der Waals surface area contributed by atoms with Crippen molar-refractivity contribution >= 4 is 23.5 Å². The normalized spacial score (nSPS) is 16.5. The van der Waals surface area contributed by atoms with Gasteiger partial charge >= 0.3 is 6.09 Å². The molecule has 10 heteroatoms. The lowest BCUT2D eigenvalue weighted by atomic mass is 10.1. The summed E-state index contributed by atoms with van der Waals surface area (Å²) in [5.41, 5.74) is 8.34.